The summed E-state index contributed by atoms with van der Waals surface area (Å²) in [6.45, 7) is 6.61. The van der Waals surface area contributed by atoms with Gasteiger partial charge in [-0.3, -0.25) is 9.59 Å². The number of nitrogens with zero attached hydrogens (tertiary/aromatic N) is 3. The molecule has 3 atom stereocenters. The second-order valence-corrected chi connectivity index (χ2v) is 10.5. The molecule has 2 N–H and O–H groups in total. The molecule has 3 aliphatic heterocycles. The molecule has 7 nitrogen and oxygen atoms in total. The Bertz CT molecular complexity index is 761. The van der Waals surface area contributed by atoms with E-state index >= 15 is 0 Å². The van der Waals surface area contributed by atoms with Crippen LogP contribution in [0.4, 0.5) is 0 Å². The van der Waals surface area contributed by atoms with Crippen LogP contribution in [0, 0.1) is 18.8 Å². The van der Waals surface area contributed by atoms with Crippen LogP contribution in [-0.2, 0) is 4.79 Å². The second-order valence-electron chi connectivity index (χ2n) is 9.66. The van der Waals surface area contributed by atoms with E-state index in [4.69, 9.17) is 0 Å². The van der Waals surface area contributed by atoms with Crippen LogP contribution in [0.25, 0.3) is 0 Å². The number of hydrogen-bond donors (Lipinski definition) is 2. The number of aryl methyl sites for hydroxylation is 1. The van der Waals surface area contributed by atoms with Crippen molar-refractivity contribution in [3.8, 4) is 0 Å². The number of carbonyl (C=O) groups is 2. The maximum atomic E-state index is 12.6. The lowest BCUT2D eigenvalue weighted by Gasteiger charge is -2.32. The highest BCUT2D eigenvalue weighted by molar-refractivity contribution is 7.11. The van der Waals surface area contributed by atoms with Crippen LogP contribution in [0.2, 0.25) is 0 Å². The summed E-state index contributed by atoms with van der Waals surface area (Å²) in [7, 11) is 2.17. The topological polar surface area (TPSA) is 77.6 Å². The molecular formula is C23H37N5O2S. The number of thiazole rings is 1. The summed E-state index contributed by atoms with van der Waals surface area (Å²) >= 11 is 1.45. The Balaban J connectivity index is 1.08. The highest BCUT2D eigenvalue weighted by Gasteiger charge is 2.39. The molecule has 3 unspecified atom stereocenters. The number of hydrogen-bond acceptors (Lipinski definition) is 6. The van der Waals surface area contributed by atoms with Crippen molar-refractivity contribution >= 4 is 23.2 Å². The molecule has 4 rings (SSSR count). The van der Waals surface area contributed by atoms with Crippen LogP contribution in [0.1, 0.15) is 60.3 Å². The van der Waals surface area contributed by atoms with E-state index in [-0.39, 0.29) is 17.9 Å². The van der Waals surface area contributed by atoms with E-state index < -0.39 is 0 Å². The van der Waals surface area contributed by atoms with Crippen molar-refractivity contribution in [2.75, 3.05) is 39.8 Å². The van der Waals surface area contributed by atoms with Gasteiger partial charge in [-0.15, -0.1) is 11.3 Å². The van der Waals surface area contributed by atoms with E-state index in [0.717, 1.165) is 81.8 Å². The quantitative estimate of drug-likeness (QED) is 0.627. The Morgan fingerprint density at radius 3 is 2.77 bits per heavy atom. The molecule has 172 valence electrons. The van der Waals surface area contributed by atoms with Crippen LogP contribution >= 0.6 is 11.3 Å². The Hall–Kier alpha value is -1.51. The van der Waals surface area contributed by atoms with Crippen molar-refractivity contribution in [3.63, 3.8) is 0 Å². The molecule has 2 amide bonds. The summed E-state index contributed by atoms with van der Waals surface area (Å²) < 4.78 is 0. The minimum atomic E-state index is -0.00875. The summed E-state index contributed by atoms with van der Waals surface area (Å²) in [6.07, 6.45) is 7.65. The van der Waals surface area contributed by atoms with Crippen molar-refractivity contribution in [2.45, 2.75) is 64.0 Å². The third-order valence-electron chi connectivity index (χ3n) is 7.39. The lowest BCUT2D eigenvalue weighted by atomic mass is 9.91. The third kappa shape index (κ3) is 5.65. The van der Waals surface area contributed by atoms with Gasteiger partial charge in [0.1, 0.15) is 4.88 Å². The zero-order valence-electron chi connectivity index (χ0n) is 18.9. The van der Waals surface area contributed by atoms with Crippen molar-refractivity contribution in [2.24, 2.45) is 11.8 Å². The van der Waals surface area contributed by atoms with E-state index in [1.807, 2.05) is 11.8 Å². The van der Waals surface area contributed by atoms with Crippen molar-refractivity contribution < 1.29 is 9.59 Å². The molecule has 0 spiro atoms. The van der Waals surface area contributed by atoms with E-state index in [2.05, 4.69) is 27.6 Å². The van der Waals surface area contributed by atoms with Crippen LogP contribution in [0.5, 0.6) is 0 Å². The number of aromatic nitrogens is 1. The summed E-state index contributed by atoms with van der Waals surface area (Å²) in [4.78, 5) is 34.5. The Morgan fingerprint density at radius 2 is 2.03 bits per heavy atom. The third-order valence-corrected chi connectivity index (χ3v) is 8.30. The number of piperidine rings is 2. The number of unbranched alkanes of at least 4 members (excludes halogenated alkanes) is 1. The molecule has 4 heterocycles. The predicted molar refractivity (Wildman–Crippen MR) is 123 cm³/mol. The molecule has 0 saturated carbocycles. The van der Waals surface area contributed by atoms with E-state index in [1.165, 1.54) is 17.8 Å². The van der Waals surface area contributed by atoms with E-state index in [0.29, 0.717) is 17.9 Å². The summed E-state index contributed by atoms with van der Waals surface area (Å²) in [5, 5.41) is 6.71. The molecule has 0 radical (unpaired) electrons. The van der Waals surface area contributed by atoms with Gasteiger partial charge in [-0.25, -0.2) is 4.98 Å². The molecule has 0 aliphatic carbocycles. The van der Waals surface area contributed by atoms with Crippen molar-refractivity contribution in [3.05, 3.63) is 16.1 Å². The molecule has 8 heteroatoms. The lowest BCUT2D eigenvalue weighted by molar-refractivity contribution is -0.122. The number of nitrogens with one attached hydrogen (secondary N) is 2. The maximum Gasteiger partial charge on any atom is 0.265 e. The second kappa shape index (κ2) is 10.4. The molecule has 3 fully saturated rings. The zero-order chi connectivity index (χ0) is 21.8. The highest BCUT2D eigenvalue weighted by Crippen LogP contribution is 2.28. The fraction of sp³-hybridized carbons (Fsp3) is 0.783. The minimum Gasteiger partial charge on any atom is -0.355 e. The zero-order valence-corrected chi connectivity index (χ0v) is 19.8. The summed E-state index contributed by atoms with van der Waals surface area (Å²) in [6, 6.07) is 0.509. The molecule has 1 aromatic rings. The fourth-order valence-electron chi connectivity index (χ4n) is 5.45. The number of carbonyl (C=O) groups excluding carboxylic acids is 2. The van der Waals surface area contributed by atoms with Gasteiger partial charge in [-0.05, 0) is 64.5 Å². The average Bonchev–Trinajstić information content (AvgIpc) is 3.39. The SMILES string of the molecule is Cc1ncsc1C(=O)N1CCC(CCCCNC(=O)C2CC3CN(C)CCC3N2)CC1. The predicted octanol–water partition coefficient (Wildman–Crippen LogP) is 2.27. The lowest BCUT2D eigenvalue weighted by Crippen LogP contribution is -2.46. The first-order valence-corrected chi connectivity index (χ1v) is 12.8. The van der Waals surface area contributed by atoms with Crippen LogP contribution < -0.4 is 10.6 Å². The van der Waals surface area contributed by atoms with Gasteiger partial charge in [-0.1, -0.05) is 12.8 Å². The Labute approximate surface area is 190 Å². The normalized spacial score (nSPS) is 27.3. The first-order chi connectivity index (χ1) is 15.0. The number of likely N-dealkylation sites (tertiary alicyclic amines) is 2. The van der Waals surface area contributed by atoms with Crippen molar-refractivity contribution in [1.29, 1.82) is 0 Å². The van der Waals surface area contributed by atoms with Gasteiger partial charge >= 0.3 is 0 Å². The van der Waals surface area contributed by atoms with Gasteiger partial charge in [0.2, 0.25) is 5.91 Å². The van der Waals surface area contributed by atoms with Gasteiger partial charge < -0.3 is 20.4 Å². The van der Waals surface area contributed by atoms with Crippen LogP contribution in [0.15, 0.2) is 5.51 Å². The standard InChI is InChI=1S/C23H37N5O2S/c1-16-21(31-15-25-16)23(30)28-11-6-17(7-12-28)5-3-4-9-24-22(29)20-13-18-14-27(2)10-8-19(18)26-20/h15,17-20,26H,3-14H2,1-2H3,(H,24,29). The monoisotopic (exact) mass is 447 g/mol. The maximum absolute atomic E-state index is 12.6. The smallest absolute Gasteiger partial charge is 0.265 e. The molecule has 31 heavy (non-hydrogen) atoms. The largest absolute Gasteiger partial charge is 0.355 e. The van der Waals surface area contributed by atoms with Gasteiger partial charge in [0.15, 0.2) is 0 Å². The van der Waals surface area contributed by atoms with Gasteiger partial charge in [-0.2, -0.15) is 0 Å². The number of amides is 2. The molecule has 0 bridgehead atoms. The first kappa shape index (κ1) is 22.7. The first-order valence-electron chi connectivity index (χ1n) is 11.9. The molecular weight excluding hydrogens is 410 g/mol. The number of rotatable bonds is 7. The Morgan fingerprint density at radius 1 is 1.23 bits per heavy atom. The van der Waals surface area contributed by atoms with Gasteiger partial charge in [0, 0.05) is 32.2 Å². The molecule has 1 aromatic heterocycles. The number of fused-ring (bicyclic) bond motifs is 1. The van der Waals surface area contributed by atoms with Crippen molar-refractivity contribution in [1.82, 2.24) is 25.4 Å². The molecule has 3 saturated heterocycles. The van der Waals surface area contributed by atoms with Gasteiger partial charge in [0.05, 0.1) is 17.2 Å². The summed E-state index contributed by atoms with van der Waals surface area (Å²) in [5.41, 5.74) is 2.60. The van der Waals surface area contributed by atoms with E-state index in [1.54, 1.807) is 5.51 Å². The Kier molecular flexibility index (Phi) is 7.61. The minimum absolute atomic E-state index is 0.00875. The molecule has 0 aromatic carbocycles. The van der Waals surface area contributed by atoms with Gasteiger partial charge in [0.25, 0.3) is 5.91 Å². The summed E-state index contributed by atoms with van der Waals surface area (Å²) in [5.74, 6) is 1.64. The van der Waals surface area contributed by atoms with Crippen LogP contribution in [-0.4, -0.2) is 78.5 Å². The highest BCUT2D eigenvalue weighted by atomic mass is 32.1. The average molecular weight is 448 g/mol. The fourth-order valence-corrected chi connectivity index (χ4v) is 6.22. The van der Waals surface area contributed by atoms with Crippen LogP contribution in [0.3, 0.4) is 0 Å². The van der Waals surface area contributed by atoms with E-state index in [9.17, 15) is 9.59 Å². The molecule has 3 aliphatic rings.